The second-order valence-electron chi connectivity index (χ2n) is 2.43. The van der Waals surface area contributed by atoms with E-state index in [-0.39, 0.29) is 6.10 Å². The number of aliphatic hydroxyl groups is 1. The minimum absolute atomic E-state index is 0.360. The van der Waals surface area contributed by atoms with Crippen molar-refractivity contribution in [1.29, 1.82) is 0 Å². The smallest absolute Gasteiger partial charge is 0.0796 e. The van der Waals surface area contributed by atoms with Crippen LogP contribution >= 0.6 is 0 Å². The van der Waals surface area contributed by atoms with E-state index in [9.17, 15) is 0 Å². The van der Waals surface area contributed by atoms with Crippen molar-refractivity contribution in [2.45, 2.75) is 26.5 Å². The number of rotatable bonds is 2. The van der Waals surface area contributed by atoms with Crippen LogP contribution in [0.25, 0.3) is 0 Å². The van der Waals surface area contributed by atoms with Crippen LogP contribution in [-0.4, -0.2) is 26.2 Å². The van der Waals surface area contributed by atoms with Gasteiger partial charge in [0.25, 0.3) is 0 Å². The number of aromatic nitrogens is 3. The summed E-state index contributed by atoms with van der Waals surface area (Å²) in [6.45, 7) is 4.10. The zero-order chi connectivity index (χ0) is 7.56. The maximum absolute atomic E-state index is 8.93. The zero-order valence-electron chi connectivity index (χ0n) is 6.15. The number of aryl methyl sites for hydroxylation is 1. The highest BCUT2D eigenvalue weighted by atomic mass is 16.3. The molecule has 0 bridgehead atoms. The number of hydrogen-bond donors (Lipinski definition) is 1. The topological polar surface area (TPSA) is 50.9 Å². The molecular weight excluding hydrogens is 130 g/mol. The van der Waals surface area contributed by atoms with Crippen LogP contribution in [0.3, 0.4) is 0 Å². The molecule has 1 unspecified atom stereocenters. The first-order valence-corrected chi connectivity index (χ1v) is 3.23. The molecule has 0 spiro atoms. The van der Waals surface area contributed by atoms with Crippen molar-refractivity contribution in [1.82, 2.24) is 15.0 Å². The van der Waals surface area contributed by atoms with Crippen molar-refractivity contribution < 1.29 is 5.11 Å². The van der Waals surface area contributed by atoms with E-state index in [1.807, 2.05) is 6.92 Å². The van der Waals surface area contributed by atoms with Gasteiger partial charge >= 0.3 is 0 Å². The fourth-order valence-corrected chi connectivity index (χ4v) is 0.755. The third-order valence-electron chi connectivity index (χ3n) is 1.10. The highest BCUT2D eigenvalue weighted by molar-refractivity contribution is 4.86. The highest BCUT2D eigenvalue weighted by Gasteiger charge is 1.98. The van der Waals surface area contributed by atoms with E-state index in [0.29, 0.717) is 6.54 Å². The lowest BCUT2D eigenvalue weighted by molar-refractivity contribution is 0.167. The van der Waals surface area contributed by atoms with Gasteiger partial charge in [-0.1, -0.05) is 5.21 Å². The third kappa shape index (κ3) is 1.80. The number of aliphatic hydroxyl groups excluding tert-OH is 1. The van der Waals surface area contributed by atoms with Crippen LogP contribution in [0.1, 0.15) is 12.6 Å². The predicted molar refractivity (Wildman–Crippen MR) is 36.4 cm³/mol. The van der Waals surface area contributed by atoms with Gasteiger partial charge < -0.3 is 5.11 Å². The molecule has 0 aliphatic carbocycles. The molecule has 0 saturated heterocycles. The molecule has 0 aliphatic heterocycles. The molecule has 1 heterocycles. The summed E-state index contributed by atoms with van der Waals surface area (Å²) in [7, 11) is 0. The van der Waals surface area contributed by atoms with E-state index in [2.05, 4.69) is 10.3 Å². The molecule has 10 heavy (non-hydrogen) atoms. The Labute approximate surface area is 59.5 Å². The Kier molecular flexibility index (Phi) is 2.01. The van der Waals surface area contributed by atoms with Crippen molar-refractivity contribution in [3.63, 3.8) is 0 Å². The van der Waals surface area contributed by atoms with Gasteiger partial charge in [-0.3, -0.25) is 0 Å². The van der Waals surface area contributed by atoms with E-state index in [1.165, 1.54) is 0 Å². The van der Waals surface area contributed by atoms with Crippen molar-refractivity contribution in [2.75, 3.05) is 0 Å². The van der Waals surface area contributed by atoms with Gasteiger partial charge in [-0.2, -0.15) is 0 Å². The molecule has 1 aromatic heterocycles. The van der Waals surface area contributed by atoms with Crippen molar-refractivity contribution in [2.24, 2.45) is 0 Å². The van der Waals surface area contributed by atoms with Crippen LogP contribution in [0.4, 0.5) is 0 Å². The molecule has 0 amide bonds. The molecule has 1 rings (SSSR count). The average Bonchev–Trinajstić information content (AvgIpc) is 2.13. The lowest BCUT2D eigenvalue weighted by Crippen LogP contribution is -2.11. The largest absolute Gasteiger partial charge is 0.391 e. The van der Waals surface area contributed by atoms with E-state index in [0.717, 1.165) is 5.69 Å². The molecule has 4 heteroatoms. The van der Waals surface area contributed by atoms with Gasteiger partial charge in [-0.25, -0.2) is 4.68 Å². The molecule has 0 aliphatic rings. The summed E-state index contributed by atoms with van der Waals surface area (Å²) in [4.78, 5) is 0. The molecule has 0 radical (unpaired) electrons. The van der Waals surface area contributed by atoms with Crippen LogP contribution in [0.15, 0.2) is 6.20 Å². The Morgan fingerprint density at radius 2 is 2.50 bits per heavy atom. The fraction of sp³-hybridized carbons (Fsp3) is 0.667. The van der Waals surface area contributed by atoms with E-state index >= 15 is 0 Å². The van der Waals surface area contributed by atoms with Crippen LogP contribution in [0.5, 0.6) is 0 Å². The summed E-state index contributed by atoms with van der Waals surface area (Å²) < 4.78 is 1.62. The minimum atomic E-state index is -0.360. The van der Waals surface area contributed by atoms with Gasteiger partial charge in [0.2, 0.25) is 0 Å². The summed E-state index contributed by atoms with van der Waals surface area (Å²) in [5.41, 5.74) is 0.876. The number of nitrogens with zero attached hydrogens (tertiary/aromatic N) is 3. The Hall–Kier alpha value is -0.900. The van der Waals surface area contributed by atoms with Gasteiger partial charge in [0.1, 0.15) is 0 Å². The molecule has 1 atom stereocenters. The quantitative estimate of drug-likeness (QED) is 0.629. The molecule has 0 fully saturated rings. The Morgan fingerprint density at radius 1 is 1.80 bits per heavy atom. The van der Waals surface area contributed by atoms with Gasteiger partial charge in [0.15, 0.2) is 0 Å². The van der Waals surface area contributed by atoms with Crippen LogP contribution < -0.4 is 0 Å². The van der Waals surface area contributed by atoms with Crippen LogP contribution in [0.2, 0.25) is 0 Å². The standard InChI is InChI=1S/C6H11N3O/c1-5-3-9(8-7-5)4-6(2)10/h3,6,10H,4H2,1-2H3. The summed E-state index contributed by atoms with van der Waals surface area (Å²) in [5, 5.41) is 16.5. The van der Waals surface area contributed by atoms with Crippen LogP contribution in [-0.2, 0) is 6.54 Å². The molecule has 0 saturated carbocycles. The Balaban J connectivity index is 2.58. The van der Waals surface area contributed by atoms with Crippen molar-refractivity contribution in [3.05, 3.63) is 11.9 Å². The second kappa shape index (κ2) is 2.79. The monoisotopic (exact) mass is 141 g/mol. The van der Waals surface area contributed by atoms with Gasteiger partial charge in [-0.05, 0) is 13.8 Å². The molecule has 1 N–H and O–H groups in total. The summed E-state index contributed by atoms with van der Waals surface area (Å²) in [5.74, 6) is 0. The van der Waals surface area contributed by atoms with Crippen molar-refractivity contribution >= 4 is 0 Å². The zero-order valence-corrected chi connectivity index (χ0v) is 6.15. The van der Waals surface area contributed by atoms with Gasteiger partial charge in [-0.15, -0.1) is 5.10 Å². The molecule has 1 aromatic rings. The van der Waals surface area contributed by atoms with Crippen LogP contribution in [0, 0.1) is 6.92 Å². The lowest BCUT2D eigenvalue weighted by atomic mass is 10.4. The fourth-order valence-electron chi connectivity index (χ4n) is 0.755. The maximum Gasteiger partial charge on any atom is 0.0796 e. The van der Waals surface area contributed by atoms with E-state index in [1.54, 1.807) is 17.8 Å². The summed E-state index contributed by atoms with van der Waals surface area (Å²) in [6, 6.07) is 0. The molecule has 4 nitrogen and oxygen atoms in total. The molecule has 56 valence electrons. The second-order valence-corrected chi connectivity index (χ2v) is 2.43. The SMILES string of the molecule is Cc1cn(CC(C)O)nn1. The summed E-state index contributed by atoms with van der Waals surface area (Å²) >= 11 is 0. The highest BCUT2D eigenvalue weighted by Crippen LogP contribution is 1.91. The lowest BCUT2D eigenvalue weighted by Gasteiger charge is -2.00. The third-order valence-corrected chi connectivity index (χ3v) is 1.10. The van der Waals surface area contributed by atoms with Crippen molar-refractivity contribution in [3.8, 4) is 0 Å². The molecular formula is C6H11N3O. The Morgan fingerprint density at radius 3 is 2.90 bits per heavy atom. The predicted octanol–water partition coefficient (Wildman–Crippen LogP) is -0.0327. The van der Waals surface area contributed by atoms with E-state index < -0.39 is 0 Å². The average molecular weight is 141 g/mol. The van der Waals surface area contributed by atoms with E-state index in [4.69, 9.17) is 5.11 Å². The summed E-state index contributed by atoms with van der Waals surface area (Å²) in [6.07, 6.45) is 1.44. The minimum Gasteiger partial charge on any atom is -0.391 e. The first kappa shape index (κ1) is 7.21. The normalized spacial score (nSPS) is 13.5. The first-order valence-electron chi connectivity index (χ1n) is 3.23. The Bertz CT molecular complexity index is 207. The number of hydrogen-bond acceptors (Lipinski definition) is 3. The maximum atomic E-state index is 8.93. The van der Waals surface area contributed by atoms with Gasteiger partial charge in [0.05, 0.1) is 18.3 Å². The first-order chi connectivity index (χ1) is 4.68. The molecule has 0 aromatic carbocycles. The van der Waals surface area contributed by atoms with Gasteiger partial charge in [0, 0.05) is 6.20 Å².